The summed E-state index contributed by atoms with van der Waals surface area (Å²) >= 11 is 7.74. The molecule has 0 aromatic heterocycles. The first-order chi connectivity index (χ1) is 16.8. The van der Waals surface area contributed by atoms with E-state index in [1.54, 1.807) is 0 Å². The van der Waals surface area contributed by atoms with Crippen LogP contribution in [0.25, 0.3) is 0 Å². The SMILES string of the molecule is N=C(N)NCCC[C@H](NC(=O)CNC(=O)[C@H](CC(N)=O)NC(=O)[C@@H](N)CS)C(=O)N[C@@H](CS)C(=O)O. The average Bonchev–Trinajstić information content (AvgIpc) is 2.80. The van der Waals surface area contributed by atoms with Crippen LogP contribution in [0.2, 0.25) is 0 Å². The molecule has 0 aliphatic rings. The van der Waals surface area contributed by atoms with E-state index < -0.39 is 72.6 Å². The summed E-state index contributed by atoms with van der Waals surface area (Å²) in [5.41, 5.74) is 15.8. The number of hydrogen-bond acceptors (Lipinski definition) is 10. The van der Waals surface area contributed by atoms with E-state index in [0.717, 1.165) is 0 Å². The fourth-order valence-electron chi connectivity index (χ4n) is 2.56. The summed E-state index contributed by atoms with van der Waals surface area (Å²) in [5.74, 6) is -6.04. The van der Waals surface area contributed by atoms with Gasteiger partial charge in [-0.1, -0.05) is 0 Å². The first-order valence-electron chi connectivity index (χ1n) is 10.6. The number of carbonyl (C=O) groups is 6. The first-order valence-corrected chi connectivity index (χ1v) is 11.8. The number of nitrogens with one attached hydrogen (secondary N) is 6. The van der Waals surface area contributed by atoms with E-state index in [2.05, 4.69) is 51.8 Å². The van der Waals surface area contributed by atoms with E-state index in [9.17, 15) is 28.8 Å². The molecule has 0 aromatic rings. The lowest BCUT2D eigenvalue weighted by atomic mass is 10.1. The molecule has 5 amide bonds. The number of carbonyl (C=O) groups excluding carboxylic acids is 5. The Morgan fingerprint density at radius 3 is 1.94 bits per heavy atom. The van der Waals surface area contributed by atoms with Gasteiger partial charge >= 0.3 is 5.97 Å². The predicted octanol–water partition coefficient (Wildman–Crippen LogP) is -5.03. The molecule has 0 spiro atoms. The van der Waals surface area contributed by atoms with E-state index >= 15 is 0 Å². The predicted molar refractivity (Wildman–Crippen MR) is 135 cm³/mol. The van der Waals surface area contributed by atoms with Crippen molar-refractivity contribution in [1.82, 2.24) is 26.6 Å². The summed E-state index contributed by atoms with van der Waals surface area (Å²) in [4.78, 5) is 71.8. The number of carboxylic acids is 1. The third-order valence-corrected chi connectivity index (χ3v) is 5.19. The van der Waals surface area contributed by atoms with E-state index in [1.807, 2.05) is 0 Å². The Kier molecular flexibility index (Phi) is 15.7. The van der Waals surface area contributed by atoms with Crippen LogP contribution in [-0.4, -0.2) is 95.3 Å². The van der Waals surface area contributed by atoms with E-state index in [4.69, 9.17) is 27.7 Å². The minimum absolute atomic E-state index is 0.0273. The van der Waals surface area contributed by atoms with E-state index in [-0.39, 0.29) is 36.9 Å². The molecule has 0 bridgehead atoms. The van der Waals surface area contributed by atoms with Gasteiger partial charge < -0.3 is 48.9 Å². The quantitative estimate of drug-likeness (QED) is 0.0353. The zero-order valence-electron chi connectivity index (χ0n) is 19.3. The smallest absolute Gasteiger partial charge is 0.327 e. The molecule has 0 aliphatic carbocycles. The van der Waals surface area contributed by atoms with Gasteiger partial charge in [0.05, 0.1) is 19.0 Å². The number of rotatable bonds is 17. The second kappa shape index (κ2) is 17.2. The highest BCUT2D eigenvalue weighted by Crippen LogP contribution is 2.00. The molecule has 0 radical (unpaired) electrons. The van der Waals surface area contributed by atoms with Crippen molar-refractivity contribution in [2.24, 2.45) is 17.2 Å². The van der Waals surface area contributed by atoms with Gasteiger partial charge in [-0.25, -0.2) is 4.79 Å². The maximum absolute atomic E-state index is 12.5. The highest BCUT2D eigenvalue weighted by atomic mass is 32.1. The number of thiol groups is 2. The Labute approximate surface area is 217 Å². The van der Waals surface area contributed by atoms with Gasteiger partial charge in [0.25, 0.3) is 0 Å². The van der Waals surface area contributed by atoms with Gasteiger partial charge in [0.15, 0.2) is 5.96 Å². The maximum atomic E-state index is 12.5. The number of primary amides is 1. The van der Waals surface area contributed by atoms with Gasteiger partial charge in [-0.05, 0) is 12.8 Å². The molecule has 0 saturated heterocycles. The van der Waals surface area contributed by atoms with Gasteiger partial charge in [-0.3, -0.25) is 29.4 Å². The van der Waals surface area contributed by atoms with Crippen molar-refractivity contribution in [1.29, 1.82) is 5.41 Å². The number of nitrogens with two attached hydrogens (primary N) is 3. The maximum Gasteiger partial charge on any atom is 0.327 e. The van der Waals surface area contributed by atoms with Crippen LogP contribution in [0, 0.1) is 5.41 Å². The first kappa shape index (κ1) is 32.8. The lowest BCUT2D eigenvalue weighted by Gasteiger charge is -2.22. The Bertz CT molecular complexity index is 831. The third kappa shape index (κ3) is 13.6. The minimum atomic E-state index is -1.41. The molecule has 36 heavy (non-hydrogen) atoms. The van der Waals surface area contributed by atoms with Gasteiger partial charge in [-0.15, -0.1) is 0 Å². The number of hydrogen-bond donors (Lipinski definition) is 12. The Balaban J connectivity index is 5.18. The fourth-order valence-corrected chi connectivity index (χ4v) is 2.98. The molecular formula is C18H33N9O7S2. The molecule has 0 aliphatic heterocycles. The van der Waals surface area contributed by atoms with Crippen LogP contribution in [-0.2, 0) is 28.8 Å². The topological polar surface area (TPSA) is 285 Å². The summed E-state index contributed by atoms with van der Waals surface area (Å²) in [5, 5.41) is 27.8. The highest BCUT2D eigenvalue weighted by Gasteiger charge is 2.28. The summed E-state index contributed by atoms with van der Waals surface area (Å²) in [6.07, 6.45) is -0.263. The number of aliphatic carboxylic acids is 1. The van der Waals surface area contributed by atoms with Crippen LogP contribution in [0.4, 0.5) is 0 Å². The van der Waals surface area contributed by atoms with Gasteiger partial charge in [0.2, 0.25) is 29.5 Å². The second-order valence-corrected chi connectivity index (χ2v) is 8.15. The van der Waals surface area contributed by atoms with Crippen LogP contribution < -0.4 is 43.8 Å². The Morgan fingerprint density at radius 1 is 0.833 bits per heavy atom. The number of carboxylic acid groups (broad SMARTS) is 1. The van der Waals surface area contributed by atoms with Crippen LogP contribution >= 0.6 is 25.3 Å². The summed E-state index contributed by atoms with van der Waals surface area (Å²) < 4.78 is 0. The van der Waals surface area contributed by atoms with Gasteiger partial charge in [-0.2, -0.15) is 25.3 Å². The van der Waals surface area contributed by atoms with Crippen molar-refractivity contribution >= 4 is 66.7 Å². The third-order valence-electron chi connectivity index (χ3n) is 4.43. The highest BCUT2D eigenvalue weighted by molar-refractivity contribution is 7.80. The number of amides is 5. The zero-order chi connectivity index (χ0) is 27.8. The molecule has 0 aromatic carbocycles. The fraction of sp³-hybridized carbons (Fsp3) is 0.611. The second-order valence-electron chi connectivity index (χ2n) is 7.42. The van der Waals surface area contributed by atoms with Crippen LogP contribution in [0.5, 0.6) is 0 Å². The summed E-state index contributed by atoms with van der Waals surface area (Å²) in [6.45, 7) is -0.448. The van der Waals surface area contributed by atoms with E-state index in [0.29, 0.717) is 0 Å². The molecule has 0 unspecified atom stereocenters. The monoisotopic (exact) mass is 551 g/mol. The molecule has 0 fully saturated rings. The summed E-state index contributed by atoms with van der Waals surface area (Å²) in [7, 11) is 0. The molecule has 13 N–H and O–H groups in total. The largest absolute Gasteiger partial charge is 0.480 e. The normalized spacial score (nSPS) is 13.8. The molecule has 0 rings (SSSR count). The van der Waals surface area contributed by atoms with Crippen molar-refractivity contribution in [3.8, 4) is 0 Å². The molecule has 0 saturated carbocycles. The van der Waals surface area contributed by atoms with E-state index in [1.165, 1.54) is 0 Å². The van der Waals surface area contributed by atoms with Crippen LogP contribution in [0.3, 0.4) is 0 Å². The van der Waals surface area contributed by atoms with Crippen LogP contribution in [0.15, 0.2) is 0 Å². The van der Waals surface area contributed by atoms with Gasteiger partial charge in [0.1, 0.15) is 18.1 Å². The Morgan fingerprint density at radius 2 is 1.44 bits per heavy atom. The van der Waals surface area contributed by atoms with Crippen molar-refractivity contribution in [3.63, 3.8) is 0 Å². The van der Waals surface area contributed by atoms with Crippen molar-refractivity contribution < 1.29 is 33.9 Å². The molecular weight excluding hydrogens is 518 g/mol. The number of guanidine groups is 1. The van der Waals surface area contributed by atoms with Crippen LogP contribution in [0.1, 0.15) is 19.3 Å². The van der Waals surface area contributed by atoms with Crippen molar-refractivity contribution in [2.45, 2.75) is 43.4 Å². The minimum Gasteiger partial charge on any atom is -0.480 e. The molecule has 4 atom stereocenters. The average molecular weight is 552 g/mol. The standard InChI is InChI=1S/C18H33N9O7S2/c19-8(6-35)14(30)26-10(4-12(20)28)15(31)24-5-13(29)25-9(2-1-3-23-18(21)22)16(32)27-11(7-36)17(33)34/h8-11,35-36H,1-7,19H2,(H2,20,28)(H,24,31)(H,25,29)(H,26,30)(H,27,32)(H,33,34)(H4,21,22,23)/t8-,9-,10-,11-/m0/s1. The zero-order valence-corrected chi connectivity index (χ0v) is 21.1. The molecule has 0 heterocycles. The van der Waals surface area contributed by atoms with Crippen molar-refractivity contribution in [3.05, 3.63) is 0 Å². The van der Waals surface area contributed by atoms with Gasteiger partial charge in [0, 0.05) is 18.1 Å². The molecule has 18 heteroatoms. The summed E-state index contributed by atoms with van der Waals surface area (Å²) in [6, 6.07) is -4.96. The Hall–Kier alpha value is -3.25. The van der Waals surface area contributed by atoms with Crippen molar-refractivity contribution in [2.75, 3.05) is 24.6 Å². The molecule has 16 nitrogen and oxygen atoms in total. The molecule has 204 valence electrons. The lowest BCUT2D eigenvalue weighted by Crippen LogP contribution is -2.56. The lowest BCUT2D eigenvalue weighted by molar-refractivity contribution is -0.141.